The van der Waals surface area contributed by atoms with Crippen LogP contribution in [-0.4, -0.2) is 30.2 Å². The van der Waals surface area contributed by atoms with Crippen molar-refractivity contribution in [3.63, 3.8) is 0 Å². The number of likely N-dealkylation sites (tertiary alicyclic amines) is 1. The first kappa shape index (κ1) is 15.5. The number of halogens is 1. The zero-order valence-corrected chi connectivity index (χ0v) is 13.0. The van der Waals surface area contributed by atoms with Crippen molar-refractivity contribution in [3.05, 3.63) is 35.4 Å². The van der Waals surface area contributed by atoms with Gasteiger partial charge in [-0.2, -0.15) is 0 Å². The van der Waals surface area contributed by atoms with E-state index in [2.05, 4.69) is 49.9 Å². The second-order valence-electron chi connectivity index (χ2n) is 7.08. The van der Waals surface area contributed by atoms with Crippen LogP contribution in [0.4, 0.5) is 4.39 Å². The molecule has 2 rings (SSSR count). The van der Waals surface area contributed by atoms with Crippen molar-refractivity contribution in [3.8, 4) is 0 Å². The standard InChI is InChI=1S/C17H27FN2/c1-16(2,3)15-6-4-14(5-7-15)12-20-10-8-17(18,13-19)9-11-20/h4-7H,8-13,19H2,1-3H3. The molecule has 0 aliphatic carbocycles. The molecule has 1 aliphatic heterocycles. The molecule has 1 aromatic rings. The van der Waals surface area contributed by atoms with Gasteiger partial charge in [0.25, 0.3) is 0 Å². The summed E-state index contributed by atoms with van der Waals surface area (Å²) in [5.74, 6) is 0. The van der Waals surface area contributed by atoms with E-state index < -0.39 is 5.67 Å². The van der Waals surface area contributed by atoms with Crippen molar-refractivity contribution in [1.82, 2.24) is 4.90 Å². The van der Waals surface area contributed by atoms with Gasteiger partial charge < -0.3 is 5.73 Å². The smallest absolute Gasteiger partial charge is 0.125 e. The monoisotopic (exact) mass is 278 g/mol. The second kappa shape index (κ2) is 5.82. The first-order chi connectivity index (χ1) is 9.32. The molecule has 0 atom stereocenters. The van der Waals surface area contributed by atoms with Crippen LogP contribution in [0.3, 0.4) is 0 Å². The molecule has 0 unspecified atom stereocenters. The Labute approximate surface area is 122 Å². The summed E-state index contributed by atoms with van der Waals surface area (Å²) in [4.78, 5) is 2.32. The molecule has 2 nitrogen and oxygen atoms in total. The van der Waals surface area contributed by atoms with Gasteiger partial charge in [-0.05, 0) is 29.4 Å². The Balaban J connectivity index is 1.92. The average Bonchev–Trinajstić information content (AvgIpc) is 2.41. The topological polar surface area (TPSA) is 29.3 Å². The highest BCUT2D eigenvalue weighted by molar-refractivity contribution is 5.27. The van der Waals surface area contributed by atoms with E-state index in [9.17, 15) is 4.39 Å². The molecule has 112 valence electrons. The molecule has 0 amide bonds. The fourth-order valence-electron chi connectivity index (χ4n) is 2.68. The predicted octanol–water partition coefficient (Wildman–Crippen LogP) is 3.25. The van der Waals surface area contributed by atoms with Crippen LogP contribution >= 0.6 is 0 Å². The first-order valence-corrected chi connectivity index (χ1v) is 7.53. The van der Waals surface area contributed by atoms with Crippen LogP contribution in [0.2, 0.25) is 0 Å². The van der Waals surface area contributed by atoms with Gasteiger partial charge in [-0.3, -0.25) is 4.90 Å². The summed E-state index contributed by atoms with van der Waals surface area (Å²) < 4.78 is 14.0. The molecule has 0 bridgehead atoms. The van der Waals surface area contributed by atoms with Gasteiger partial charge in [-0.1, -0.05) is 45.0 Å². The second-order valence-corrected chi connectivity index (χ2v) is 7.08. The third-order valence-corrected chi connectivity index (χ3v) is 4.34. The summed E-state index contributed by atoms with van der Waals surface area (Å²) in [6.07, 6.45) is 1.12. The van der Waals surface area contributed by atoms with Crippen molar-refractivity contribution in [1.29, 1.82) is 0 Å². The Hall–Kier alpha value is -0.930. The van der Waals surface area contributed by atoms with Crippen molar-refractivity contribution in [2.24, 2.45) is 5.73 Å². The Morgan fingerprint density at radius 3 is 2.15 bits per heavy atom. The lowest BCUT2D eigenvalue weighted by Gasteiger charge is -2.35. The van der Waals surface area contributed by atoms with Gasteiger partial charge in [0.1, 0.15) is 5.67 Å². The van der Waals surface area contributed by atoms with E-state index >= 15 is 0 Å². The molecular weight excluding hydrogens is 251 g/mol. The van der Waals surface area contributed by atoms with Crippen LogP contribution in [0.25, 0.3) is 0 Å². The summed E-state index contributed by atoms with van der Waals surface area (Å²) >= 11 is 0. The van der Waals surface area contributed by atoms with Crippen LogP contribution in [0.15, 0.2) is 24.3 Å². The van der Waals surface area contributed by atoms with Crippen molar-refractivity contribution >= 4 is 0 Å². The summed E-state index contributed by atoms with van der Waals surface area (Å²) in [5, 5.41) is 0. The minimum Gasteiger partial charge on any atom is -0.328 e. The summed E-state index contributed by atoms with van der Waals surface area (Å²) in [6.45, 7) is 9.33. The molecule has 2 N–H and O–H groups in total. The number of rotatable bonds is 3. The Morgan fingerprint density at radius 2 is 1.70 bits per heavy atom. The summed E-state index contributed by atoms with van der Waals surface area (Å²) in [6, 6.07) is 8.80. The lowest BCUT2D eigenvalue weighted by molar-refractivity contribution is 0.0620. The van der Waals surface area contributed by atoms with Crippen LogP contribution < -0.4 is 5.73 Å². The van der Waals surface area contributed by atoms with Crippen LogP contribution in [0, 0.1) is 0 Å². The molecule has 1 aromatic carbocycles. The Bertz CT molecular complexity index is 425. The third-order valence-electron chi connectivity index (χ3n) is 4.34. The number of nitrogens with two attached hydrogens (primary N) is 1. The number of piperidine rings is 1. The van der Waals surface area contributed by atoms with E-state index in [1.165, 1.54) is 11.1 Å². The van der Waals surface area contributed by atoms with Gasteiger partial charge in [0.05, 0.1) is 0 Å². The number of benzene rings is 1. The molecule has 1 aliphatic rings. The molecule has 0 aromatic heterocycles. The van der Waals surface area contributed by atoms with Gasteiger partial charge in [-0.25, -0.2) is 4.39 Å². The third kappa shape index (κ3) is 3.80. The molecule has 3 heteroatoms. The lowest BCUT2D eigenvalue weighted by atomic mass is 9.86. The number of nitrogens with zero attached hydrogens (tertiary/aromatic N) is 1. The maximum atomic E-state index is 14.0. The molecule has 1 heterocycles. The number of alkyl halides is 1. The molecule has 0 radical (unpaired) electrons. The van der Waals surface area contributed by atoms with Crippen LogP contribution in [-0.2, 0) is 12.0 Å². The minimum atomic E-state index is -1.13. The highest BCUT2D eigenvalue weighted by atomic mass is 19.1. The highest BCUT2D eigenvalue weighted by Gasteiger charge is 2.32. The fraction of sp³-hybridized carbons (Fsp3) is 0.647. The minimum absolute atomic E-state index is 0.154. The fourth-order valence-corrected chi connectivity index (χ4v) is 2.68. The number of hydrogen-bond donors (Lipinski definition) is 1. The van der Waals surface area contributed by atoms with E-state index in [1.807, 2.05) is 0 Å². The Kier molecular flexibility index (Phi) is 4.50. The van der Waals surface area contributed by atoms with Crippen molar-refractivity contribution in [2.45, 2.75) is 51.2 Å². The highest BCUT2D eigenvalue weighted by Crippen LogP contribution is 2.27. The van der Waals surface area contributed by atoms with E-state index in [-0.39, 0.29) is 12.0 Å². The zero-order chi connectivity index (χ0) is 14.8. The maximum Gasteiger partial charge on any atom is 0.125 e. The van der Waals surface area contributed by atoms with Gasteiger partial charge in [0, 0.05) is 26.2 Å². The van der Waals surface area contributed by atoms with Crippen molar-refractivity contribution < 1.29 is 4.39 Å². The largest absolute Gasteiger partial charge is 0.328 e. The predicted molar refractivity (Wildman–Crippen MR) is 82.5 cm³/mol. The molecule has 20 heavy (non-hydrogen) atoms. The first-order valence-electron chi connectivity index (χ1n) is 7.53. The van der Waals surface area contributed by atoms with Crippen LogP contribution in [0.5, 0.6) is 0 Å². The Morgan fingerprint density at radius 1 is 1.15 bits per heavy atom. The van der Waals surface area contributed by atoms with Gasteiger partial charge >= 0.3 is 0 Å². The quantitative estimate of drug-likeness (QED) is 0.919. The van der Waals surface area contributed by atoms with E-state index in [4.69, 9.17) is 5.73 Å². The maximum absolute atomic E-state index is 14.0. The average molecular weight is 278 g/mol. The lowest BCUT2D eigenvalue weighted by Crippen LogP contribution is -2.45. The van der Waals surface area contributed by atoms with Gasteiger partial charge in [0.2, 0.25) is 0 Å². The zero-order valence-electron chi connectivity index (χ0n) is 13.0. The van der Waals surface area contributed by atoms with Gasteiger partial charge in [-0.15, -0.1) is 0 Å². The molecule has 0 spiro atoms. The number of hydrogen-bond acceptors (Lipinski definition) is 2. The van der Waals surface area contributed by atoms with Crippen LogP contribution in [0.1, 0.15) is 44.7 Å². The molecule has 1 fully saturated rings. The molecular formula is C17H27FN2. The van der Waals surface area contributed by atoms with Crippen molar-refractivity contribution in [2.75, 3.05) is 19.6 Å². The summed E-state index contributed by atoms with van der Waals surface area (Å²) in [7, 11) is 0. The van der Waals surface area contributed by atoms with E-state index in [0.717, 1.165) is 19.6 Å². The summed E-state index contributed by atoms with van der Waals surface area (Å²) in [5.41, 5.74) is 7.22. The van der Waals surface area contributed by atoms with E-state index in [1.54, 1.807) is 0 Å². The normalized spacial score (nSPS) is 20.1. The van der Waals surface area contributed by atoms with E-state index in [0.29, 0.717) is 12.8 Å². The van der Waals surface area contributed by atoms with Gasteiger partial charge in [0.15, 0.2) is 0 Å². The SMILES string of the molecule is CC(C)(C)c1ccc(CN2CCC(F)(CN)CC2)cc1. The molecule has 1 saturated heterocycles. The molecule has 0 saturated carbocycles.